The van der Waals surface area contributed by atoms with Gasteiger partial charge >= 0.3 is 0 Å². The molecule has 0 bridgehead atoms. The molecular formula is C20H17NO3S. The average Bonchev–Trinajstić information content (AvgIpc) is 2.91. The van der Waals surface area contributed by atoms with Crippen LogP contribution in [-0.4, -0.2) is 17.8 Å². The summed E-state index contributed by atoms with van der Waals surface area (Å²) in [6, 6.07) is 16.7. The molecule has 0 saturated carbocycles. The molecule has 0 atom stereocenters. The van der Waals surface area contributed by atoms with E-state index in [2.05, 4.69) is 0 Å². The van der Waals surface area contributed by atoms with Gasteiger partial charge in [-0.25, -0.2) is 4.90 Å². The lowest BCUT2D eigenvalue weighted by Crippen LogP contribution is -2.27. The van der Waals surface area contributed by atoms with E-state index in [1.54, 1.807) is 36.4 Å². The van der Waals surface area contributed by atoms with E-state index in [0.717, 1.165) is 17.3 Å². The van der Waals surface area contributed by atoms with Crippen LogP contribution in [0.4, 0.5) is 10.5 Å². The minimum absolute atomic E-state index is 0.298. The minimum Gasteiger partial charge on any atom is -0.494 e. The van der Waals surface area contributed by atoms with Gasteiger partial charge in [0.1, 0.15) is 5.75 Å². The zero-order valence-electron chi connectivity index (χ0n) is 13.7. The molecule has 0 radical (unpaired) electrons. The van der Waals surface area contributed by atoms with Crippen molar-refractivity contribution in [3.8, 4) is 5.75 Å². The maximum Gasteiger partial charge on any atom is 0.298 e. The Morgan fingerprint density at radius 2 is 1.76 bits per heavy atom. The highest BCUT2D eigenvalue weighted by atomic mass is 32.2. The Bertz CT molecular complexity index is 826. The van der Waals surface area contributed by atoms with Crippen molar-refractivity contribution in [1.29, 1.82) is 0 Å². The Morgan fingerprint density at radius 3 is 2.44 bits per heavy atom. The van der Waals surface area contributed by atoms with E-state index >= 15 is 0 Å². The molecule has 3 rings (SSSR count). The van der Waals surface area contributed by atoms with E-state index in [1.165, 1.54) is 4.90 Å². The topological polar surface area (TPSA) is 46.6 Å². The summed E-state index contributed by atoms with van der Waals surface area (Å²) in [7, 11) is 0. The highest BCUT2D eigenvalue weighted by Crippen LogP contribution is 2.35. The monoisotopic (exact) mass is 351 g/mol. The van der Waals surface area contributed by atoms with Crippen LogP contribution >= 0.6 is 11.8 Å². The van der Waals surface area contributed by atoms with Crippen molar-refractivity contribution >= 4 is 34.7 Å². The fraction of sp³-hybridized carbons (Fsp3) is 0.100. The smallest absolute Gasteiger partial charge is 0.298 e. The Balaban J connectivity index is 1.75. The van der Waals surface area contributed by atoms with Crippen LogP contribution in [-0.2, 0) is 4.79 Å². The lowest BCUT2D eigenvalue weighted by Gasteiger charge is -2.13. The van der Waals surface area contributed by atoms with Crippen LogP contribution in [0, 0.1) is 0 Å². The summed E-state index contributed by atoms with van der Waals surface area (Å²) < 4.78 is 5.38. The summed E-state index contributed by atoms with van der Waals surface area (Å²) in [5.41, 5.74) is 1.57. The van der Waals surface area contributed by atoms with E-state index in [-0.39, 0.29) is 11.1 Å². The van der Waals surface area contributed by atoms with E-state index in [4.69, 9.17) is 4.74 Å². The zero-order chi connectivity index (χ0) is 17.6. The maximum absolute atomic E-state index is 12.5. The number of allylic oxidation sites excluding steroid dienone is 2. The highest BCUT2D eigenvalue weighted by Gasteiger charge is 2.35. The number of ether oxygens (including phenoxy) is 1. The van der Waals surface area contributed by atoms with Crippen LogP contribution in [0.2, 0.25) is 0 Å². The second kappa shape index (κ2) is 7.85. The van der Waals surface area contributed by atoms with Gasteiger partial charge in [-0.1, -0.05) is 42.5 Å². The van der Waals surface area contributed by atoms with E-state index in [9.17, 15) is 9.59 Å². The lowest BCUT2D eigenvalue weighted by atomic mass is 10.2. The van der Waals surface area contributed by atoms with Crippen LogP contribution in [0.5, 0.6) is 5.75 Å². The summed E-state index contributed by atoms with van der Waals surface area (Å²) in [5.74, 6) is 0.399. The predicted octanol–water partition coefficient (Wildman–Crippen LogP) is 4.88. The molecule has 2 aromatic rings. The van der Waals surface area contributed by atoms with Gasteiger partial charge in [-0.2, -0.15) is 0 Å². The first-order valence-corrected chi connectivity index (χ1v) is 8.73. The number of benzene rings is 2. The van der Waals surface area contributed by atoms with E-state index < -0.39 is 0 Å². The largest absolute Gasteiger partial charge is 0.494 e. The summed E-state index contributed by atoms with van der Waals surface area (Å²) in [6.07, 6.45) is 5.35. The molecule has 1 fully saturated rings. The fourth-order valence-corrected chi connectivity index (χ4v) is 3.17. The average molecular weight is 351 g/mol. The van der Waals surface area contributed by atoms with Gasteiger partial charge in [0, 0.05) is 0 Å². The molecule has 5 heteroatoms. The van der Waals surface area contributed by atoms with Crippen molar-refractivity contribution in [2.75, 3.05) is 11.5 Å². The first kappa shape index (κ1) is 17.0. The van der Waals surface area contributed by atoms with Gasteiger partial charge in [-0.3, -0.25) is 9.59 Å². The summed E-state index contributed by atoms with van der Waals surface area (Å²) >= 11 is 0.942. The Hall–Kier alpha value is -2.79. The molecule has 1 aliphatic rings. The molecule has 0 aliphatic carbocycles. The number of carbonyl (C=O) groups is 2. The van der Waals surface area contributed by atoms with Gasteiger partial charge in [0.2, 0.25) is 0 Å². The molecule has 25 heavy (non-hydrogen) atoms. The molecule has 0 aromatic heterocycles. The highest BCUT2D eigenvalue weighted by molar-refractivity contribution is 8.18. The lowest BCUT2D eigenvalue weighted by molar-refractivity contribution is -0.113. The van der Waals surface area contributed by atoms with Crippen LogP contribution < -0.4 is 9.64 Å². The third-order valence-electron chi connectivity index (χ3n) is 3.54. The number of amides is 2. The molecule has 1 saturated heterocycles. The molecule has 2 aromatic carbocycles. The Morgan fingerprint density at radius 1 is 1.04 bits per heavy atom. The molecule has 0 spiro atoms. The normalized spacial score (nSPS) is 16.2. The van der Waals surface area contributed by atoms with Crippen molar-refractivity contribution < 1.29 is 14.3 Å². The number of carbonyl (C=O) groups excluding carboxylic acids is 2. The molecule has 0 unspecified atom stereocenters. The van der Waals surface area contributed by atoms with Gasteiger partial charge in [-0.05, 0) is 54.6 Å². The van der Waals surface area contributed by atoms with Crippen molar-refractivity contribution in [3.05, 3.63) is 77.2 Å². The molecular weight excluding hydrogens is 334 g/mol. The van der Waals surface area contributed by atoms with Crippen molar-refractivity contribution in [3.63, 3.8) is 0 Å². The van der Waals surface area contributed by atoms with Gasteiger partial charge in [0.15, 0.2) is 0 Å². The van der Waals surface area contributed by atoms with Crippen molar-refractivity contribution in [2.45, 2.75) is 6.92 Å². The standard InChI is InChI=1S/C20H17NO3S/c1-2-24-17-13-11-16(12-14-17)21-19(22)18(25-20(21)23)10-6-9-15-7-4-3-5-8-15/h3-14H,2H2,1H3/b9-6+,18-10-. The number of rotatable bonds is 5. The molecule has 1 aliphatic heterocycles. The zero-order valence-corrected chi connectivity index (χ0v) is 14.5. The second-order valence-corrected chi connectivity index (χ2v) is 6.23. The number of hydrogen-bond acceptors (Lipinski definition) is 4. The number of thioether (sulfide) groups is 1. The molecule has 2 amide bonds. The van der Waals surface area contributed by atoms with Crippen molar-refractivity contribution in [2.24, 2.45) is 0 Å². The minimum atomic E-state index is -0.308. The van der Waals surface area contributed by atoms with Crippen LogP contribution in [0.25, 0.3) is 6.08 Å². The summed E-state index contributed by atoms with van der Waals surface area (Å²) in [6.45, 7) is 2.47. The first-order valence-electron chi connectivity index (χ1n) is 7.91. The number of hydrogen-bond donors (Lipinski definition) is 0. The SMILES string of the molecule is CCOc1ccc(N2C(=O)S/C(=C\C=C\c3ccccc3)C2=O)cc1. The van der Waals surface area contributed by atoms with Gasteiger partial charge in [0.25, 0.3) is 11.1 Å². The summed E-state index contributed by atoms with van der Waals surface area (Å²) in [5, 5.41) is -0.298. The Kier molecular flexibility index (Phi) is 5.36. The van der Waals surface area contributed by atoms with E-state index in [0.29, 0.717) is 22.9 Å². The van der Waals surface area contributed by atoms with Gasteiger partial charge in [0.05, 0.1) is 17.2 Å². The second-order valence-electron chi connectivity index (χ2n) is 5.24. The first-order chi connectivity index (χ1) is 12.2. The van der Waals surface area contributed by atoms with E-state index in [1.807, 2.05) is 43.3 Å². The maximum atomic E-state index is 12.5. The Labute approximate surface area is 150 Å². The quantitative estimate of drug-likeness (QED) is 0.720. The fourth-order valence-electron chi connectivity index (χ4n) is 2.37. The number of nitrogens with zero attached hydrogens (tertiary/aromatic N) is 1. The number of anilines is 1. The van der Waals surface area contributed by atoms with Crippen LogP contribution in [0.15, 0.2) is 71.7 Å². The molecule has 0 N–H and O–H groups in total. The van der Waals surface area contributed by atoms with Gasteiger partial charge < -0.3 is 4.74 Å². The predicted molar refractivity (Wildman–Crippen MR) is 102 cm³/mol. The third kappa shape index (κ3) is 4.00. The molecule has 1 heterocycles. The van der Waals surface area contributed by atoms with Gasteiger partial charge in [-0.15, -0.1) is 0 Å². The van der Waals surface area contributed by atoms with Crippen LogP contribution in [0.1, 0.15) is 12.5 Å². The molecule has 126 valence electrons. The number of imide groups is 1. The molecule has 4 nitrogen and oxygen atoms in total. The van der Waals surface area contributed by atoms with Crippen molar-refractivity contribution in [1.82, 2.24) is 0 Å². The third-order valence-corrected chi connectivity index (χ3v) is 4.42. The van der Waals surface area contributed by atoms with Crippen LogP contribution in [0.3, 0.4) is 0 Å². The summed E-state index contributed by atoms with van der Waals surface area (Å²) in [4.78, 5) is 26.3.